The lowest BCUT2D eigenvalue weighted by Gasteiger charge is -2.33. The number of thioether (sulfide) groups is 1. The van der Waals surface area contributed by atoms with Crippen molar-refractivity contribution in [3.63, 3.8) is 0 Å². The molecule has 0 atom stereocenters. The second-order valence-electron chi connectivity index (χ2n) is 6.60. The molecule has 0 saturated carbocycles. The smallest absolute Gasteiger partial charge is 0.230 e. The second-order valence-corrected chi connectivity index (χ2v) is 7.55. The monoisotopic (exact) mass is 391 g/mol. The van der Waals surface area contributed by atoms with Crippen LogP contribution in [0.2, 0.25) is 0 Å². The molecule has 1 aliphatic rings. The summed E-state index contributed by atoms with van der Waals surface area (Å²) in [5, 5.41) is 11.9. The molecule has 0 radical (unpaired) electrons. The highest BCUT2D eigenvalue weighted by molar-refractivity contribution is 7.99. The SMILES string of the molecule is COc1ccc(-n2c(C)nnc2SCC(=O)NCC2(N)CCOCC2)cc1. The highest BCUT2D eigenvalue weighted by Crippen LogP contribution is 2.23. The van der Waals surface area contributed by atoms with E-state index < -0.39 is 0 Å². The summed E-state index contributed by atoms with van der Waals surface area (Å²) in [5.41, 5.74) is 6.85. The Bertz CT molecular complexity index is 772. The van der Waals surface area contributed by atoms with Crippen LogP contribution in [0, 0.1) is 6.92 Å². The van der Waals surface area contributed by atoms with Crippen LogP contribution < -0.4 is 15.8 Å². The van der Waals surface area contributed by atoms with Crippen molar-refractivity contribution in [2.45, 2.75) is 30.5 Å². The van der Waals surface area contributed by atoms with E-state index in [0.29, 0.717) is 24.9 Å². The van der Waals surface area contributed by atoms with Gasteiger partial charge in [0.25, 0.3) is 0 Å². The summed E-state index contributed by atoms with van der Waals surface area (Å²) in [6.07, 6.45) is 1.51. The van der Waals surface area contributed by atoms with Gasteiger partial charge in [-0.2, -0.15) is 0 Å². The molecular formula is C18H25N5O3S. The molecule has 27 heavy (non-hydrogen) atoms. The van der Waals surface area contributed by atoms with Crippen LogP contribution in [-0.2, 0) is 9.53 Å². The first-order valence-electron chi connectivity index (χ1n) is 8.83. The number of aromatic nitrogens is 3. The topological polar surface area (TPSA) is 104 Å². The fourth-order valence-electron chi connectivity index (χ4n) is 2.88. The Labute approximate surface area is 162 Å². The van der Waals surface area contributed by atoms with E-state index in [-0.39, 0.29) is 17.2 Å². The van der Waals surface area contributed by atoms with Crippen molar-refractivity contribution in [2.24, 2.45) is 5.73 Å². The van der Waals surface area contributed by atoms with Crippen LogP contribution in [0.25, 0.3) is 5.69 Å². The van der Waals surface area contributed by atoms with E-state index in [4.69, 9.17) is 15.2 Å². The first-order chi connectivity index (χ1) is 13.0. The molecule has 1 aliphatic heterocycles. The lowest BCUT2D eigenvalue weighted by molar-refractivity contribution is -0.119. The summed E-state index contributed by atoms with van der Waals surface area (Å²) < 4.78 is 12.4. The van der Waals surface area contributed by atoms with E-state index in [1.165, 1.54) is 11.8 Å². The zero-order valence-electron chi connectivity index (χ0n) is 15.6. The number of nitrogens with zero attached hydrogens (tertiary/aromatic N) is 3. The summed E-state index contributed by atoms with van der Waals surface area (Å²) >= 11 is 1.35. The van der Waals surface area contributed by atoms with Crippen LogP contribution in [0.5, 0.6) is 5.75 Å². The Hall–Kier alpha value is -2.10. The lowest BCUT2D eigenvalue weighted by Crippen LogP contribution is -2.53. The number of aryl methyl sites for hydroxylation is 1. The van der Waals surface area contributed by atoms with Crippen molar-refractivity contribution >= 4 is 17.7 Å². The van der Waals surface area contributed by atoms with Gasteiger partial charge in [0.05, 0.1) is 12.9 Å². The molecule has 0 bridgehead atoms. The van der Waals surface area contributed by atoms with Crippen molar-refractivity contribution in [2.75, 3.05) is 32.6 Å². The van der Waals surface area contributed by atoms with Crippen LogP contribution in [0.15, 0.2) is 29.4 Å². The summed E-state index contributed by atoms with van der Waals surface area (Å²) in [4.78, 5) is 12.2. The highest BCUT2D eigenvalue weighted by atomic mass is 32.2. The maximum absolute atomic E-state index is 12.2. The van der Waals surface area contributed by atoms with E-state index in [1.54, 1.807) is 7.11 Å². The third-order valence-corrected chi connectivity index (χ3v) is 5.51. The number of amides is 1. The zero-order valence-corrected chi connectivity index (χ0v) is 16.4. The molecule has 3 N–H and O–H groups in total. The molecule has 1 aromatic carbocycles. The molecule has 0 spiro atoms. The Kier molecular flexibility index (Phi) is 6.35. The number of ether oxygens (including phenoxy) is 2. The van der Waals surface area contributed by atoms with Gasteiger partial charge in [-0.25, -0.2) is 0 Å². The number of benzene rings is 1. The Balaban J connectivity index is 1.58. The summed E-state index contributed by atoms with van der Waals surface area (Å²) in [6, 6.07) is 7.63. The molecule has 0 aliphatic carbocycles. The average molecular weight is 391 g/mol. The zero-order chi connectivity index (χ0) is 19.3. The molecule has 8 nitrogen and oxygen atoms in total. The Morgan fingerprint density at radius 2 is 2.04 bits per heavy atom. The first kappa shape index (κ1) is 19.7. The van der Waals surface area contributed by atoms with Gasteiger partial charge in [0, 0.05) is 31.0 Å². The van der Waals surface area contributed by atoms with Gasteiger partial charge in [-0.05, 0) is 44.0 Å². The molecular weight excluding hydrogens is 366 g/mol. The minimum atomic E-state index is -0.377. The molecule has 1 fully saturated rings. The molecule has 9 heteroatoms. The minimum absolute atomic E-state index is 0.0711. The molecule has 1 saturated heterocycles. The van der Waals surface area contributed by atoms with Gasteiger partial charge < -0.3 is 20.5 Å². The van der Waals surface area contributed by atoms with E-state index >= 15 is 0 Å². The van der Waals surface area contributed by atoms with Crippen molar-refractivity contribution in [1.82, 2.24) is 20.1 Å². The van der Waals surface area contributed by atoms with Crippen molar-refractivity contribution in [1.29, 1.82) is 0 Å². The molecule has 2 heterocycles. The average Bonchev–Trinajstić information content (AvgIpc) is 3.06. The standard InChI is InChI=1S/C18H25N5O3S/c1-13-21-22-17(23(13)14-3-5-15(25-2)6-4-14)27-11-16(24)20-12-18(19)7-9-26-10-8-18/h3-6H,7-12,19H2,1-2H3,(H,20,24). The minimum Gasteiger partial charge on any atom is -0.497 e. The van der Waals surface area contributed by atoms with Gasteiger partial charge >= 0.3 is 0 Å². The maximum atomic E-state index is 12.2. The number of carbonyl (C=O) groups is 1. The molecule has 1 amide bonds. The molecule has 0 unspecified atom stereocenters. The second kappa shape index (κ2) is 8.73. The van der Waals surface area contributed by atoms with Crippen LogP contribution in [0.4, 0.5) is 0 Å². The van der Waals surface area contributed by atoms with E-state index in [2.05, 4.69) is 15.5 Å². The molecule has 146 valence electrons. The molecule has 2 aromatic rings. The van der Waals surface area contributed by atoms with Gasteiger partial charge in [-0.1, -0.05) is 11.8 Å². The number of hydrogen-bond acceptors (Lipinski definition) is 7. The van der Waals surface area contributed by atoms with Crippen LogP contribution in [-0.4, -0.2) is 58.8 Å². The van der Waals surface area contributed by atoms with Gasteiger partial charge in [-0.15, -0.1) is 10.2 Å². The van der Waals surface area contributed by atoms with Gasteiger partial charge in [0.15, 0.2) is 5.16 Å². The highest BCUT2D eigenvalue weighted by Gasteiger charge is 2.28. The van der Waals surface area contributed by atoms with E-state index in [1.807, 2.05) is 35.8 Å². The van der Waals surface area contributed by atoms with Crippen molar-refractivity contribution in [3.8, 4) is 11.4 Å². The normalized spacial score (nSPS) is 16.1. The Morgan fingerprint density at radius 3 is 2.70 bits per heavy atom. The third kappa shape index (κ3) is 5.00. The van der Waals surface area contributed by atoms with Crippen LogP contribution in [0.3, 0.4) is 0 Å². The molecule has 3 rings (SSSR count). The van der Waals surface area contributed by atoms with E-state index in [0.717, 1.165) is 30.1 Å². The fourth-order valence-corrected chi connectivity index (χ4v) is 3.70. The number of nitrogens with one attached hydrogen (secondary N) is 1. The summed E-state index contributed by atoms with van der Waals surface area (Å²) in [6.45, 7) is 3.63. The predicted octanol–water partition coefficient (Wildman–Crippen LogP) is 1.30. The maximum Gasteiger partial charge on any atom is 0.230 e. The van der Waals surface area contributed by atoms with Crippen molar-refractivity contribution < 1.29 is 14.3 Å². The number of nitrogens with two attached hydrogens (primary N) is 1. The number of hydrogen-bond donors (Lipinski definition) is 2. The number of carbonyl (C=O) groups excluding carboxylic acids is 1. The quantitative estimate of drug-likeness (QED) is 0.686. The van der Waals surface area contributed by atoms with E-state index in [9.17, 15) is 4.79 Å². The van der Waals surface area contributed by atoms with Crippen molar-refractivity contribution in [3.05, 3.63) is 30.1 Å². The Morgan fingerprint density at radius 1 is 1.33 bits per heavy atom. The summed E-state index contributed by atoms with van der Waals surface area (Å²) in [5.74, 6) is 1.72. The van der Waals surface area contributed by atoms with Gasteiger partial charge in [-0.3, -0.25) is 9.36 Å². The van der Waals surface area contributed by atoms with Crippen LogP contribution in [0.1, 0.15) is 18.7 Å². The largest absolute Gasteiger partial charge is 0.497 e. The lowest BCUT2D eigenvalue weighted by atomic mass is 9.91. The van der Waals surface area contributed by atoms with Gasteiger partial charge in [0.2, 0.25) is 5.91 Å². The number of methoxy groups -OCH3 is 1. The first-order valence-corrected chi connectivity index (χ1v) is 9.82. The third-order valence-electron chi connectivity index (χ3n) is 4.58. The summed E-state index contributed by atoms with van der Waals surface area (Å²) in [7, 11) is 1.63. The van der Waals surface area contributed by atoms with Crippen LogP contribution >= 0.6 is 11.8 Å². The predicted molar refractivity (Wildman–Crippen MR) is 103 cm³/mol. The van der Waals surface area contributed by atoms with Gasteiger partial charge in [0.1, 0.15) is 11.6 Å². The molecule has 1 aromatic heterocycles. The number of rotatable bonds is 7. The fraction of sp³-hybridized carbons (Fsp3) is 0.500.